The number of fused-ring (bicyclic) bond motifs is 1. The monoisotopic (exact) mass is 439 g/mol. The number of carbonyl (C=O) groups excluding carboxylic acids is 1. The van der Waals surface area contributed by atoms with Gasteiger partial charge < -0.3 is 10.2 Å². The van der Waals surface area contributed by atoms with Gasteiger partial charge in [-0.2, -0.15) is 0 Å². The average Bonchev–Trinajstić information content (AvgIpc) is 3.36. The van der Waals surface area contributed by atoms with Crippen molar-refractivity contribution in [3.63, 3.8) is 0 Å². The second-order valence-electron chi connectivity index (χ2n) is 9.15. The van der Waals surface area contributed by atoms with Crippen LogP contribution in [0.5, 0.6) is 0 Å². The average molecular weight is 440 g/mol. The maximum atomic E-state index is 13.0. The SMILES string of the molecule is Cc1cc(C2=NCc3cc(CC(=O)N[C@@H]4[C@@H](c5ccccc5)CN(C)[C@@H]4C)ncc32)ccn1. The minimum atomic E-state index is 0.0134. The number of nitrogens with one attached hydrogen (secondary N) is 1. The molecule has 0 aliphatic carbocycles. The maximum Gasteiger partial charge on any atom is 0.226 e. The fraction of sp³-hybridized carbons (Fsp3) is 0.333. The van der Waals surface area contributed by atoms with Crippen molar-refractivity contribution in [1.29, 1.82) is 0 Å². The fourth-order valence-electron chi connectivity index (χ4n) is 5.01. The molecule has 4 heterocycles. The zero-order chi connectivity index (χ0) is 22.9. The van der Waals surface area contributed by atoms with Crippen molar-refractivity contribution in [3.05, 3.63) is 94.6 Å². The van der Waals surface area contributed by atoms with Gasteiger partial charge in [0.15, 0.2) is 0 Å². The van der Waals surface area contributed by atoms with Crippen LogP contribution in [0, 0.1) is 6.92 Å². The van der Waals surface area contributed by atoms with Crippen LogP contribution < -0.4 is 5.32 Å². The predicted molar refractivity (Wildman–Crippen MR) is 129 cm³/mol. The van der Waals surface area contributed by atoms with Crippen LogP contribution in [0.25, 0.3) is 0 Å². The number of rotatable bonds is 5. The Morgan fingerprint density at radius 1 is 1.15 bits per heavy atom. The molecule has 1 saturated heterocycles. The minimum Gasteiger partial charge on any atom is -0.351 e. The second-order valence-corrected chi connectivity index (χ2v) is 9.15. The van der Waals surface area contributed by atoms with Crippen LogP contribution in [0.15, 0.2) is 65.9 Å². The van der Waals surface area contributed by atoms with Crippen LogP contribution in [0.4, 0.5) is 0 Å². The molecular weight excluding hydrogens is 410 g/mol. The molecule has 1 fully saturated rings. The standard InChI is InChI=1S/C27H29N5O/c1-17-11-20(9-10-28-17)27-23-15-29-22(12-21(23)14-30-27)13-25(33)31-26-18(2)32(3)16-24(26)19-7-5-4-6-8-19/h4-12,15,18,24,26H,13-14,16H2,1-3H3,(H,31,33)/t18-,24-,26+/m1/s1. The number of aliphatic imine (C=N–C) groups is 1. The summed E-state index contributed by atoms with van der Waals surface area (Å²) in [5.74, 6) is 0.294. The smallest absolute Gasteiger partial charge is 0.226 e. The molecular formula is C27H29N5O. The molecule has 2 aromatic heterocycles. The molecule has 6 heteroatoms. The number of likely N-dealkylation sites (tertiary alicyclic amines) is 1. The lowest BCUT2D eigenvalue weighted by atomic mass is 9.91. The Bertz CT molecular complexity index is 1210. The van der Waals surface area contributed by atoms with Crippen molar-refractivity contribution in [2.45, 2.75) is 44.8 Å². The first-order chi connectivity index (χ1) is 16.0. The Hall–Kier alpha value is -3.38. The summed E-state index contributed by atoms with van der Waals surface area (Å²) >= 11 is 0. The Labute approximate surface area is 194 Å². The molecule has 2 aliphatic heterocycles. The van der Waals surface area contributed by atoms with Crippen LogP contribution in [-0.4, -0.2) is 52.2 Å². The van der Waals surface area contributed by atoms with E-state index in [1.807, 2.05) is 43.6 Å². The number of amides is 1. The third-order valence-corrected chi connectivity index (χ3v) is 6.91. The van der Waals surface area contributed by atoms with Crippen LogP contribution in [-0.2, 0) is 17.8 Å². The second kappa shape index (κ2) is 8.87. The summed E-state index contributed by atoms with van der Waals surface area (Å²) in [5.41, 5.74) is 7.18. The van der Waals surface area contributed by atoms with Crippen LogP contribution >= 0.6 is 0 Å². The van der Waals surface area contributed by atoms with Gasteiger partial charge in [-0.05, 0) is 50.2 Å². The van der Waals surface area contributed by atoms with Gasteiger partial charge in [-0.25, -0.2) is 0 Å². The first-order valence-electron chi connectivity index (χ1n) is 11.5. The van der Waals surface area contributed by atoms with Crippen molar-refractivity contribution < 1.29 is 4.79 Å². The predicted octanol–water partition coefficient (Wildman–Crippen LogP) is 3.28. The highest BCUT2D eigenvalue weighted by molar-refractivity contribution is 6.15. The fourth-order valence-corrected chi connectivity index (χ4v) is 5.01. The van der Waals surface area contributed by atoms with Gasteiger partial charge in [-0.1, -0.05) is 30.3 Å². The van der Waals surface area contributed by atoms with E-state index in [9.17, 15) is 4.79 Å². The molecule has 0 radical (unpaired) electrons. The summed E-state index contributed by atoms with van der Waals surface area (Å²) in [7, 11) is 2.12. The molecule has 3 atom stereocenters. The van der Waals surface area contributed by atoms with Gasteiger partial charge in [0.1, 0.15) is 0 Å². The van der Waals surface area contributed by atoms with E-state index < -0.39 is 0 Å². The van der Waals surface area contributed by atoms with E-state index in [1.54, 1.807) is 0 Å². The van der Waals surface area contributed by atoms with Crippen LogP contribution in [0.3, 0.4) is 0 Å². The zero-order valence-electron chi connectivity index (χ0n) is 19.3. The quantitative estimate of drug-likeness (QED) is 0.662. The first-order valence-corrected chi connectivity index (χ1v) is 11.5. The summed E-state index contributed by atoms with van der Waals surface area (Å²) < 4.78 is 0. The van der Waals surface area contributed by atoms with Crippen molar-refractivity contribution in [2.24, 2.45) is 4.99 Å². The maximum absolute atomic E-state index is 13.0. The van der Waals surface area contributed by atoms with Gasteiger partial charge in [-0.3, -0.25) is 19.8 Å². The molecule has 1 N–H and O–H groups in total. The van der Waals surface area contributed by atoms with E-state index in [4.69, 9.17) is 4.99 Å². The van der Waals surface area contributed by atoms with Gasteiger partial charge >= 0.3 is 0 Å². The molecule has 0 saturated carbocycles. The number of aryl methyl sites for hydroxylation is 1. The highest BCUT2D eigenvalue weighted by atomic mass is 16.1. The van der Waals surface area contributed by atoms with Crippen molar-refractivity contribution in [1.82, 2.24) is 20.2 Å². The summed E-state index contributed by atoms with van der Waals surface area (Å²) in [5, 5.41) is 3.31. The summed E-state index contributed by atoms with van der Waals surface area (Å²) in [6, 6.07) is 16.9. The number of likely N-dealkylation sites (N-methyl/N-ethyl adjacent to an activating group) is 1. The number of carbonyl (C=O) groups is 1. The first kappa shape index (κ1) is 21.5. The topological polar surface area (TPSA) is 70.5 Å². The Morgan fingerprint density at radius 3 is 2.76 bits per heavy atom. The number of aromatic nitrogens is 2. The van der Waals surface area contributed by atoms with Gasteiger partial charge in [-0.15, -0.1) is 0 Å². The molecule has 0 bridgehead atoms. The summed E-state index contributed by atoms with van der Waals surface area (Å²) in [6.45, 7) is 5.71. The summed E-state index contributed by atoms with van der Waals surface area (Å²) in [4.78, 5) is 28.9. The third kappa shape index (κ3) is 4.31. The molecule has 1 aromatic carbocycles. The molecule has 33 heavy (non-hydrogen) atoms. The van der Waals surface area contributed by atoms with Gasteiger partial charge in [0.2, 0.25) is 5.91 Å². The molecule has 3 aromatic rings. The third-order valence-electron chi connectivity index (χ3n) is 6.91. The van der Waals surface area contributed by atoms with E-state index >= 15 is 0 Å². The lowest BCUT2D eigenvalue weighted by Gasteiger charge is -2.24. The van der Waals surface area contributed by atoms with Gasteiger partial charge in [0.05, 0.1) is 30.4 Å². The van der Waals surface area contributed by atoms with Crippen molar-refractivity contribution >= 4 is 11.6 Å². The number of nitrogens with zero attached hydrogens (tertiary/aromatic N) is 4. The molecule has 168 valence electrons. The Morgan fingerprint density at radius 2 is 1.97 bits per heavy atom. The van der Waals surface area contributed by atoms with E-state index in [-0.39, 0.29) is 30.3 Å². The van der Waals surface area contributed by atoms with E-state index in [0.29, 0.717) is 6.54 Å². The molecule has 5 rings (SSSR count). The van der Waals surface area contributed by atoms with Crippen molar-refractivity contribution in [3.8, 4) is 0 Å². The van der Waals surface area contributed by atoms with Crippen molar-refractivity contribution in [2.75, 3.05) is 13.6 Å². The molecule has 1 amide bonds. The van der Waals surface area contributed by atoms with E-state index in [0.717, 1.165) is 40.3 Å². The van der Waals surface area contributed by atoms with E-state index in [1.165, 1.54) is 5.56 Å². The Kier molecular flexibility index (Phi) is 5.77. The highest BCUT2D eigenvalue weighted by Gasteiger charge is 2.38. The number of hydrogen-bond donors (Lipinski definition) is 1. The zero-order valence-corrected chi connectivity index (χ0v) is 19.3. The highest BCUT2D eigenvalue weighted by Crippen LogP contribution is 2.31. The summed E-state index contributed by atoms with van der Waals surface area (Å²) in [6.07, 6.45) is 3.94. The van der Waals surface area contributed by atoms with Gasteiger partial charge in [0.25, 0.3) is 0 Å². The molecule has 0 spiro atoms. The van der Waals surface area contributed by atoms with Gasteiger partial charge in [0, 0.05) is 47.7 Å². The molecule has 6 nitrogen and oxygen atoms in total. The Balaban J connectivity index is 1.29. The number of benzene rings is 1. The minimum absolute atomic E-state index is 0.0134. The number of hydrogen-bond acceptors (Lipinski definition) is 5. The normalized spacial score (nSPS) is 22.2. The molecule has 2 aliphatic rings. The number of pyridine rings is 2. The van der Waals surface area contributed by atoms with Crippen LogP contribution in [0.1, 0.15) is 46.5 Å². The van der Waals surface area contributed by atoms with Crippen LogP contribution in [0.2, 0.25) is 0 Å². The lowest BCUT2D eigenvalue weighted by molar-refractivity contribution is -0.121. The van der Waals surface area contributed by atoms with E-state index in [2.05, 4.69) is 58.4 Å². The molecule has 0 unspecified atom stereocenters. The lowest BCUT2D eigenvalue weighted by Crippen LogP contribution is -2.45. The largest absolute Gasteiger partial charge is 0.351 e.